The van der Waals surface area contributed by atoms with Crippen LogP contribution in [0.25, 0.3) is 11.1 Å². The molecule has 6 heteroatoms. The molecule has 0 bridgehead atoms. The maximum atomic E-state index is 13.6. The number of hydrogen-bond acceptors (Lipinski definition) is 5. The van der Waals surface area contributed by atoms with Crippen molar-refractivity contribution in [3.05, 3.63) is 47.8 Å². The van der Waals surface area contributed by atoms with Gasteiger partial charge in [0.1, 0.15) is 5.75 Å². The molecule has 5 nitrogen and oxygen atoms in total. The molecule has 0 aliphatic carbocycles. The minimum absolute atomic E-state index is 0.112. The second-order valence-corrected chi connectivity index (χ2v) is 6.85. The lowest BCUT2D eigenvalue weighted by atomic mass is 10.0. The predicted octanol–water partition coefficient (Wildman–Crippen LogP) is 3.47. The van der Waals surface area contributed by atoms with Gasteiger partial charge < -0.3 is 24.4 Å². The van der Waals surface area contributed by atoms with Gasteiger partial charge in [-0.2, -0.15) is 0 Å². The monoisotopic (exact) mass is 362 g/mol. The van der Waals surface area contributed by atoms with Gasteiger partial charge in [0.05, 0.1) is 26.4 Å². The van der Waals surface area contributed by atoms with Crippen molar-refractivity contribution in [1.82, 2.24) is 0 Å². The van der Waals surface area contributed by atoms with Gasteiger partial charge in [-0.3, -0.25) is 0 Å². The Hall–Kier alpha value is -2.15. The number of hydrogen-bond donors (Lipinski definition) is 2. The van der Waals surface area contributed by atoms with Crippen LogP contribution in [0, 0.1) is 11.7 Å². The van der Waals surface area contributed by atoms with Crippen molar-refractivity contribution < 1.29 is 28.8 Å². The van der Waals surface area contributed by atoms with Crippen LogP contribution in [-0.2, 0) is 16.1 Å². The van der Waals surface area contributed by atoms with Crippen molar-refractivity contribution >= 4 is 0 Å². The van der Waals surface area contributed by atoms with Crippen LogP contribution >= 0.6 is 0 Å². The fraction of sp³-hybridized carbons (Fsp3) is 0.400. The molecule has 2 aromatic rings. The van der Waals surface area contributed by atoms with Crippen LogP contribution < -0.4 is 4.74 Å². The predicted molar refractivity (Wildman–Crippen MR) is 94.4 cm³/mol. The minimum Gasteiger partial charge on any atom is -0.505 e. The summed E-state index contributed by atoms with van der Waals surface area (Å²) < 4.78 is 30.6. The average Bonchev–Trinajstić information content (AvgIpc) is 2.63. The van der Waals surface area contributed by atoms with Crippen molar-refractivity contribution in [3.63, 3.8) is 0 Å². The van der Waals surface area contributed by atoms with Crippen LogP contribution in [0.3, 0.4) is 0 Å². The summed E-state index contributed by atoms with van der Waals surface area (Å²) in [7, 11) is 0. The maximum Gasteiger partial charge on any atom is 0.165 e. The summed E-state index contributed by atoms with van der Waals surface area (Å²) in [6.45, 7) is 5.06. The number of aromatic hydroxyl groups is 1. The third kappa shape index (κ3) is 4.33. The Balaban J connectivity index is 1.70. The number of aliphatic hydroxyl groups is 1. The first-order valence-corrected chi connectivity index (χ1v) is 8.51. The summed E-state index contributed by atoms with van der Waals surface area (Å²) in [5, 5.41) is 19.0. The number of ether oxygens (including phenoxy) is 3. The molecule has 3 rings (SSSR count). The summed E-state index contributed by atoms with van der Waals surface area (Å²) in [6.07, 6.45) is 0. The first kappa shape index (κ1) is 18.6. The van der Waals surface area contributed by atoms with Crippen LogP contribution in [0.5, 0.6) is 11.5 Å². The highest BCUT2D eigenvalue weighted by molar-refractivity contribution is 5.66. The van der Waals surface area contributed by atoms with Gasteiger partial charge >= 0.3 is 0 Å². The van der Waals surface area contributed by atoms with Crippen molar-refractivity contribution in [2.75, 3.05) is 19.8 Å². The third-order valence-corrected chi connectivity index (χ3v) is 4.32. The molecule has 1 aliphatic rings. The quantitative estimate of drug-likeness (QED) is 0.852. The van der Waals surface area contributed by atoms with Gasteiger partial charge in [-0.1, -0.05) is 12.1 Å². The smallest absolute Gasteiger partial charge is 0.165 e. The van der Waals surface area contributed by atoms with Crippen LogP contribution in [0.1, 0.15) is 19.4 Å². The molecular weight excluding hydrogens is 339 g/mol. The molecular formula is C20H23FO5. The number of rotatable bonds is 5. The molecule has 0 radical (unpaired) electrons. The lowest BCUT2D eigenvalue weighted by molar-refractivity contribution is -0.264. The van der Waals surface area contributed by atoms with E-state index in [4.69, 9.17) is 14.2 Å². The first-order valence-electron chi connectivity index (χ1n) is 8.51. The fourth-order valence-electron chi connectivity index (χ4n) is 2.74. The normalized spacial score (nSPS) is 17.2. The molecule has 0 saturated carbocycles. The summed E-state index contributed by atoms with van der Waals surface area (Å²) in [5.74, 6) is -0.959. The zero-order valence-corrected chi connectivity index (χ0v) is 14.9. The maximum absolute atomic E-state index is 13.6. The van der Waals surface area contributed by atoms with E-state index in [1.165, 1.54) is 12.1 Å². The molecule has 0 aromatic heterocycles. The Morgan fingerprint density at radius 1 is 1.12 bits per heavy atom. The lowest BCUT2D eigenvalue weighted by Gasteiger charge is -2.34. The molecule has 2 N–H and O–H groups in total. The molecule has 0 unspecified atom stereocenters. The van der Waals surface area contributed by atoms with Crippen molar-refractivity contribution in [2.45, 2.75) is 26.2 Å². The van der Waals surface area contributed by atoms with Gasteiger partial charge in [0.25, 0.3) is 0 Å². The zero-order chi connectivity index (χ0) is 18.7. The van der Waals surface area contributed by atoms with Gasteiger partial charge in [0.2, 0.25) is 0 Å². The summed E-state index contributed by atoms with van der Waals surface area (Å²) >= 11 is 0. The number of aliphatic hydroxyl groups excluding tert-OH is 1. The molecule has 0 atom stereocenters. The van der Waals surface area contributed by atoms with Gasteiger partial charge in [0, 0.05) is 11.5 Å². The Bertz CT molecular complexity index is 765. The number of benzene rings is 2. The van der Waals surface area contributed by atoms with E-state index in [-0.39, 0.29) is 12.5 Å². The topological polar surface area (TPSA) is 68.2 Å². The van der Waals surface area contributed by atoms with E-state index >= 15 is 0 Å². The average molecular weight is 362 g/mol. The molecule has 0 amide bonds. The van der Waals surface area contributed by atoms with Gasteiger partial charge in [0.15, 0.2) is 17.4 Å². The number of phenolic OH excluding ortho intramolecular Hbond substituents is 1. The summed E-state index contributed by atoms with van der Waals surface area (Å²) in [5.41, 5.74) is 1.94. The van der Waals surface area contributed by atoms with Crippen LogP contribution in [0.15, 0.2) is 36.4 Å². The second kappa shape index (κ2) is 7.61. The Kier molecular flexibility index (Phi) is 5.46. The van der Waals surface area contributed by atoms with E-state index < -0.39 is 17.4 Å². The van der Waals surface area contributed by atoms with Crippen LogP contribution in [0.2, 0.25) is 0 Å². The summed E-state index contributed by atoms with van der Waals surface area (Å²) in [6, 6.07) is 9.46. The highest BCUT2D eigenvalue weighted by Crippen LogP contribution is 2.30. The lowest BCUT2D eigenvalue weighted by Crippen LogP contribution is -2.41. The van der Waals surface area contributed by atoms with Gasteiger partial charge in [-0.05, 0) is 49.2 Å². The van der Waals surface area contributed by atoms with E-state index in [1.54, 1.807) is 24.3 Å². The Morgan fingerprint density at radius 2 is 1.77 bits per heavy atom. The Labute approximate surface area is 151 Å². The van der Waals surface area contributed by atoms with Gasteiger partial charge in [-0.25, -0.2) is 4.39 Å². The van der Waals surface area contributed by atoms with E-state index in [9.17, 15) is 14.6 Å². The van der Waals surface area contributed by atoms with Crippen molar-refractivity contribution in [2.24, 2.45) is 5.92 Å². The third-order valence-electron chi connectivity index (χ3n) is 4.32. The van der Waals surface area contributed by atoms with E-state index in [0.717, 1.165) is 5.56 Å². The Morgan fingerprint density at radius 3 is 2.42 bits per heavy atom. The molecule has 26 heavy (non-hydrogen) atoms. The second-order valence-electron chi connectivity index (χ2n) is 6.85. The van der Waals surface area contributed by atoms with E-state index in [0.29, 0.717) is 36.7 Å². The molecule has 1 saturated heterocycles. The van der Waals surface area contributed by atoms with Crippen LogP contribution in [0.4, 0.5) is 4.39 Å². The molecule has 140 valence electrons. The largest absolute Gasteiger partial charge is 0.505 e. The summed E-state index contributed by atoms with van der Waals surface area (Å²) in [4.78, 5) is 0. The van der Waals surface area contributed by atoms with Crippen LogP contribution in [-0.4, -0.2) is 35.8 Å². The number of phenols is 1. The first-order chi connectivity index (χ1) is 12.4. The SMILES string of the molecule is CC1(C)OCC(COc2ccc(-c3ccc(O)c(F)c3)cc2CO)CO1. The van der Waals surface area contributed by atoms with E-state index in [1.807, 2.05) is 13.8 Å². The highest BCUT2D eigenvalue weighted by Gasteiger charge is 2.28. The van der Waals surface area contributed by atoms with E-state index in [2.05, 4.69) is 0 Å². The molecule has 1 heterocycles. The highest BCUT2D eigenvalue weighted by atomic mass is 19.1. The standard InChI is InChI=1S/C20H23FO5/c1-20(2)25-11-13(12-26-20)10-24-19-6-4-14(7-16(19)9-22)15-3-5-18(23)17(21)8-15/h3-8,13,22-23H,9-12H2,1-2H3. The number of halogens is 1. The van der Waals surface area contributed by atoms with Crippen molar-refractivity contribution in [1.29, 1.82) is 0 Å². The molecule has 0 spiro atoms. The van der Waals surface area contributed by atoms with Crippen molar-refractivity contribution in [3.8, 4) is 22.6 Å². The molecule has 1 fully saturated rings. The zero-order valence-electron chi connectivity index (χ0n) is 14.9. The minimum atomic E-state index is -0.686. The fourth-order valence-corrected chi connectivity index (χ4v) is 2.74. The molecule has 2 aromatic carbocycles. The molecule has 1 aliphatic heterocycles. The van der Waals surface area contributed by atoms with Gasteiger partial charge in [-0.15, -0.1) is 0 Å².